The molecule has 3 aromatic rings. The van der Waals surface area contributed by atoms with Gasteiger partial charge in [0, 0.05) is 19.3 Å². The van der Waals surface area contributed by atoms with Crippen LogP contribution < -0.4 is 10.6 Å². The lowest BCUT2D eigenvalue weighted by Crippen LogP contribution is -2.33. The first-order valence-corrected chi connectivity index (χ1v) is 9.98. The lowest BCUT2D eigenvalue weighted by molar-refractivity contribution is -0.137. The van der Waals surface area contributed by atoms with E-state index in [4.69, 9.17) is 4.42 Å². The van der Waals surface area contributed by atoms with Crippen LogP contribution in [0.4, 0.5) is 24.7 Å². The summed E-state index contributed by atoms with van der Waals surface area (Å²) in [7, 11) is 0. The van der Waals surface area contributed by atoms with Crippen LogP contribution in [0.2, 0.25) is 0 Å². The van der Waals surface area contributed by atoms with E-state index in [0.29, 0.717) is 30.9 Å². The molecule has 1 saturated heterocycles. The summed E-state index contributed by atoms with van der Waals surface area (Å²) in [5.74, 6) is 0.170. The van der Waals surface area contributed by atoms with Crippen LogP contribution in [0.3, 0.4) is 0 Å². The van der Waals surface area contributed by atoms with E-state index in [9.17, 15) is 18.0 Å². The van der Waals surface area contributed by atoms with Gasteiger partial charge < -0.3 is 15.1 Å². The van der Waals surface area contributed by atoms with Crippen LogP contribution in [0.25, 0.3) is 11.6 Å². The molecule has 5 rings (SSSR count). The van der Waals surface area contributed by atoms with E-state index in [2.05, 4.69) is 37.5 Å². The molecule has 9 nitrogen and oxygen atoms in total. The maximum atomic E-state index is 12.8. The molecule has 12 heteroatoms. The molecule has 0 aromatic carbocycles. The van der Waals surface area contributed by atoms with Gasteiger partial charge in [-0.2, -0.15) is 18.3 Å². The zero-order valence-electron chi connectivity index (χ0n) is 16.7. The number of fused-ring (bicyclic) bond motifs is 1. The van der Waals surface area contributed by atoms with Crippen molar-refractivity contribution < 1.29 is 22.4 Å². The largest absolute Gasteiger partial charge is 0.418 e. The Kier molecular flexibility index (Phi) is 4.53. The van der Waals surface area contributed by atoms with E-state index in [1.807, 2.05) is 0 Å². The Morgan fingerprint density at radius 1 is 1.31 bits per heavy atom. The minimum absolute atomic E-state index is 0.0947. The first-order chi connectivity index (χ1) is 15.3. The van der Waals surface area contributed by atoms with Crippen LogP contribution in [0.15, 0.2) is 35.4 Å². The van der Waals surface area contributed by atoms with Gasteiger partial charge in [0.15, 0.2) is 5.69 Å². The van der Waals surface area contributed by atoms with Gasteiger partial charge in [0.2, 0.25) is 11.8 Å². The molecule has 1 fully saturated rings. The van der Waals surface area contributed by atoms with Crippen LogP contribution in [0, 0.1) is 0 Å². The summed E-state index contributed by atoms with van der Waals surface area (Å²) in [4.78, 5) is 16.2. The molecule has 0 unspecified atom stereocenters. The number of carbonyl (C=O) groups excluding carboxylic acids is 1. The highest BCUT2D eigenvalue weighted by molar-refractivity contribution is 5.91. The second kappa shape index (κ2) is 7.18. The number of alkyl halides is 3. The number of halogens is 3. The summed E-state index contributed by atoms with van der Waals surface area (Å²) >= 11 is 0. The van der Waals surface area contributed by atoms with Crippen molar-refractivity contribution in [2.75, 3.05) is 11.9 Å². The first kappa shape index (κ1) is 20.2. The van der Waals surface area contributed by atoms with Crippen LogP contribution in [0.1, 0.15) is 30.0 Å². The van der Waals surface area contributed by atoms with Crippen molar-refractivity contribution in [2.45, 2.75) is 37.4 Å². The van der Waals surface area contributed by atoms with Gasteiger partial charge in [0.05, 0.1) is 16.9 Å². The third kappa shape index (κ3) is 3.13. The molecule has 1 amide bonds. The normalized spacial score (nSPS) is 20.3. The SMILES string of the molecule is C=C[C@@]1(c2nnc(-c3nn4c(c3Nc3ccc(C(F)(F)F)cn3)CCC4)o2)CCNC1=O. The maximum Gasteiger partial charge on any atom is 0.417 e. The number of hydrogen-bond donors (Lipinski definition) is 2. The van der Waals surface area contributed by atoms with Crippen LogP contribution in [-0.4, -0.2) is 37.4 Å². The molecule has 0 bridgehead atoms. The molecule has 3 aromatic heterocycles. The molecular formula is C20H18F3N7O2. The molecule has 1 atom stereocenters. The van der Waals surface area contributed by atoms with Gasteiger partial charge in [0.25, 0.3) is 5.89 Å². The molecule has 0 spiro atoms. The van der Waals surface area contributed by atoms with Crippen LogP contribution in [0.5, 0.6) is 0 Å². The van der Waals surface area contributed by atoms with Crippen LogP contribution >= 0.6 is 0 Å². The number of nitrogens with zero attached hydrogens (tertiary/aromatic N) is 5. The van der Waals surface area contributed by atoms with Crippen molar-refractivity contribution >= 4 is 17.4 Å². The quantitative estimate of drug-likeness (QED) is 0.581. The van der Waals surface area contributed by atoms with Gasteiger partial charge in [0.1, 0.15) is 11.2 Å². The Morgan fingerprint density at radius 2 is 2.16 bits per heavy atom. The fourth-order valence-corrected chi connectivity index (χ4v) is 4.01. The summed E-state index contributed by atoms with van der Waals surface area (Å²) in [5.41, 5.74) is -0.199. The second-order valence-electron chi connectivity index (χ2n) is 7.65. The Labute approximate surface area is 179 Å². The van der Waals surface area contributed by atoms with Crippen molar-refractivity contribution in [3.05, 3.63) is 48.1 Å². The van der Waals surface area contributed by atoms with E-state index in [0.717, 1.165) is 30.8 Å². The summed E-state index contributed by atoms with van der Waals surface area (Å²) in [6, 6.07) is 2.20. The molecular weight excluding hydrogens is 427 g/mol. The number of pyridine rings is 1. The third-order valence-corrected chi connectivity index (χ3v) is 5.75. The van der Waals surface area contributed by atoms with E-state index >= 15 is 0 Å². The van der Waals surface area contributed by atoms with Crippen molar-refractivity contribution in [2.24, 2.45) is 0 Å². The molecule has 0 aliphatic carbocycles. The summed E-state index contributed by atoms with van der Waals surface area (Å²) in [5, 5.41) is 18.5. The minimum atomic E-state index is -4.47. The summed E-state index contributed by atoms with van der Waals surface area (Å²) in [6.45, 7) is 4.90. The smallest absolute Gasteiger partial charge is 0.417 e. The van der Waals surface area contributed by atoms with Crippen molar-refractivity contribution in [3.63, 3.8) is 0 Å². The average molecular weight is 445 g/mol. The topological polar surface area (TPSA) is 111 Å². The lowest BCUT2D eigenvalue weighted by Gasteiger charge is -2.15. The van der Waals surface area contributed by atoms with Gasteiger partial charge in [-0.1, -0.05) is 6.08 Å². The predicted octanol–water partition coefficient (Wildman–Crippen LogP) is 2.98. The molecule has 0 radical (unpaired) electrons. The number of anilines is 2. The van der Waals surface area contributed by atoms with Crippen molar-refractivity contribution in [1.82, 2.24) is 30.3 Å². The number of rotatable bonds is 5. The zero-order chi connectivity index (χ0) is 22.5. The predicted molar refractivity (Wildman–Crippen MR) is 106 cm³/mol. The monoisotopic (exact) mass is 445 g/mol. The number of carbonyl (C=O) groups is 1. The lowest BCUT2D eigenvalue weighted by atomic mass is 9.86. The summed E-state index contributed by atoms with van der Waals surface area (Å²) < 4.78 is 46.2. The van der Waals surface area contributed by atoms with E-state index in [-0.39, 0.29) is 23.5 Å². The number of hydrogen-bond acceptors (Lipinski definition) is 7. The first-order valence-electron chi connectivity index (χ1n) is 9.98. The molecule has 2 aliphatic heterocycles. The third-order valence-electron chi connectivity index (χ3n) is 5.75. The maximum absolute atomic E-state index is 12.8. The van der Waals surface area contributed by atoms with E-state index < -0.39 is 17.2 Å². The number of amides is 1. The van der Waals surface area contributed by atoms with Crippen molar-refractivity contribution in [3.8, 4) is 11.6 Å². The zero-order valence-corrected chi connectivity index (χ0v) is 16.7. The second-order valence-corrected chi connectivity index (χ2v) is 7.65. The molecule has 0 saturated carbocycles. The highest BCUT2D eigenvalue weighted by atomic mass is 19.4. The Balaban J connectivity index is 1.51. The van der Waals surface area contributed by atoms with Gasteiger partial charge in [-0.15, -0.1) is 16.8 Å². The average Bonchev–Trinajstić information content (AvgIpc) is 3.53. The highest BCUT2D eigenvalue weighted by Gasteiger charge is 2.46. The van der Waals surface area contributed by atoms with Gasteiger partial charge in [-0.25, -0.2) is 4.98 Å². The number of aromatic nitrogens is 5. The van der Waals surface area contributed by atoms with E-state index in [1.165, 1.54) is 12.1 Å². The summed E-state index contributed by atoms with van der Waals surface area (Å²) in [6.07, 6.45) is -0.169. The Bertz CT molecular complexity index is 1200. The van der Waals surface area contributed by atoms with Gasteiger partial charge in [-0.3, -0.25) is 9.48 Å². The number of aryl methyl sites for hydroxylation is 1. The van der Waals surface area contributed by atoms with Gasteiger partial charge in [-0.05, 0) is 31.4 Å². The fraction of sp³-hybridized carbons (Fsp3) is 0.350. The fourth-order valence-electron chi connectivity index (χ4n) is 4.01. The standard InChI is InChI=1S/C20H18F3N7O2/c1-2-19(7-8-24-17(19)31)18-28-27-16(32-18)15-14(12-4-3-9-30(12)29-15)26-13-6-5-11(10-25-13)20(21,22)23/h2,5-6,10H,1,3-4,7-9H2,(H,24,31)(H,25,26)/t19-/m1/s1. The molecule has 32 heavy (non-hydrogen) atoms. The molecule has 5 heterocycles. The Hall–Kier alpha value is -3.70. The van der Waals surface area contributed by atoms with Crippen LogP contribution in [-0.2, 0) is 29.4 Å². The van der Waals surface area contributed by atoms with Crippen molar-refractivity contribution in [1.29, 1.82) is 0 Å². The molecule has 166 valence electrons. The van der Waals surface area contributed by atoms with Gasteiger partial charge >= 0.3 is 6.18 Å². The van der Waals surface area contributed by atoms with E-state index in [1.54, 1.807) is 4.68 Å². The highest BCUT2D eigenvalue weighted by Crippen LogP contribution is 2.38. The molecule has 2 aliphatic rings. The Morgan fingerprint density at radius 3 is 2.81 bits per heavy atom. The number of nitrogens with one attached hydrogen (secondary N) is 2. The minimum Gasteiger partial charge on any atom is -0.418 e. The molecule has 2 N–H and O–H groups in total.